The fourth-order valence-corrected chi connectivity index (χ4v) is 4.47. The van der Waals surface area contributed by atoms with Gasteiger partial charge in [-0.3, -0.25) is 9.36 Å². The predicted molar refractivity (Wildman–Crippen MR) is 116 cm³/mol. The molecule has 0 spiro atoms. The fourth-order valence-electron chi connectivity index (χ4n) is 2.87. The van der Waals surface area contributed by atoms with E-state index in [4.69, 9.17) is 10.5 Å². The number of ether oxygens (including phenoxy) is 1. The van der Waals surface area contributed by atoms with E-state index in [0.717, 1.165) is 32.9 Å². The van der Waals surface area contributed by atoms with Crippen molar-refractivity contribution < 1.29 is 9.53 Å². The molecule has 0 bridgehead atoms. The lowest BCUT2D eigenvalue weighted by molar-refractivity contribution is 0.100. The summed E-state index contributed by atoms with van der Waals surface area (Å²) in [5.41, 5.74) is 7.76. The van der Waals surface area contributed by atoms with Gasteiger partial charge in [0.15, 0.2) is 11.0 Å². The van der Waals surface area contributed by atoms with Gasteiger partial charge in [0.1, 0.15) is 5.75 Å². The lowest BCUT2D eigenvalue weighted by Crippen LogP contribution is -2.10. The zero-order valence-electron chi connectivity index (χ0n) is 15.6. The van der Waals surface area contributed by atoms with Gasteiger partial charge in [0, 0.05) is 11.3 Å². The van der Waals surface area contributed by atoms with Crippen molar-refractivity contribution in [2.45, 2.75) is 10.9 Å². The molecule has 2 heterocycles. The van der Waals surface area contributed by atoms with Gasteiger partial charge < -0.3 is 10.5 Å². The predicted octanol–water partition coefficient (Wildman–Crippen LogP) is 4.40. The van der Waals surface area contributed by atoms with Crippen molar-refractivity contribution in [1.82, 2.24) is 14.8 Å². The second-order valence-electron chi connectivity index (χ2n) is 6.14. The number of thiophene rings is 1. The minimum atomic E-state index is -0.430. The Balaban J connectivity index is 1.69. The molecule has 0 atom stereocenters. The molecule has 2 aromatic carbocycles. The van der Waals surface area contributed by atoms with Crippen LogP contribution in [0.5, 0.6) is 5.75 Å². The summed E-state index contributed by atoms with van der Waals surface area (Å²) < 4.78 is 7.59. The standard InChI is InChI=1S/C21H18N4O2S2/c1-27-17-6-3-2-5-16(17)25-20(18-7-4-12-28-18)23-24-21(25)29-13-14-8-10-15(11-9-14)19(22)26/h2-12H,13H2,1H3,(H2,22,26). The van der Waals surface area contributed by atoms with Gasteiger partial charge in [-0.05, 0) is 41.3 Å². The molecule has 29 heavy (non-hydrogen) atoms. The van der Waals surface area contributed by atoms with Crippen molar-refractivity contribution in [3.8, 4) is 22.1 Å². The average molecular weight is 423 g/mol. The molecule has 0 aliphatic rings. The summed E-state index contributed by atoms with van der Waals surface area (Å²) in [5.74, 6) is 1.77. The molecular formula is C21H18N4O2S2. The second kappa shape index (κ2) is 8.50. The zero-order chi connectivity index (χ0) is 20.2. The minimum Gasteiger partial charge on any atom is -0.495 e. The number of rotatable bonds is 7. The Kier molecular flexibility index (Phi) is 5.64. The molecule has 6 nitrogen and oxygen atoms in total. The van der Waals surface area contributed by atoms with Gasteiger partial charge >= 0.3 is 0 Å². The third kappa shape index (κ3) is 4.03. The van der Waals surface area contributed by atoms with Crippen LogP contribution in [0.3, 0.4) is 0 Å². The van der Waals surface area contributed by atoms with Crippen LogP contribution < -0.4 is 10.5 Å². The number of aromatic nitrogens is 3. The lowest BCUT2D eigenvalue weighted by Gasteiger charge is -2.13. The van der Waals surface area contributed by atoms with Gasteiger partial charge in [-0.2, -0.15) is 0 Å². The number of primary amides is 1. The van der Waals surface area contributed by atoms with Crippen molar-refractivity contribution in [3.63, 3.8) is 0 Å². The van der Waals surface area contributed by atoms with Crippen LogP contribution in [-0.4, -0.2) is 27.8 Å². The van der Waals surface area contributed by atoms with E-state index >= 15 is 0 Å². The highest BCUT2D eigenvalue weighted by Gasteiger charge is 2.19. The maximum atomic E-state index is 11.3. The van der Waals surface area contributed by atoms with E-state index in [1.54, 1.807) is 42.3 Å². The zero-order valence-corrected chi connectivity index (χ0v) is 17.2. The lowest BCUT2D eigenvalue weighted by atomic mass is 10.1. The second-order valence-corrected chi connectivity index (χ2v) is 8.03. The minimum absolute atomic E-state index is 0.430. The highest BCUT2D eigenvalue weighted by molar-refractivity contribution is 7.98. The molecular weight excluding hydrogens is 404 g/mol. The smallest absolute Gasteiger partial charge is 0.248 e. The Labute approximate surface area is 176 Å². The number of para-hydroxylation sites is 2. The van der Waals surface area contributed by atoms with Crippen LogP contribution in [0.4, 0.5) is 0 Å². The molecule has 0 fully saturated rings. The Morgan fingerprint density at radius 2 is 1.90 bits per heavy atom. The van der Waals surface area contributed by atoms with Crippen molar-refractivity contribution >= 4 is 29.0 Å². The summed E-state index contributed by atoms with van der Waals surface area (Å²) >= 11 is 3.18. The number of amides is 1. The molecule has 0 unspecified atom stereocenters. The first-order valence-electron chi connectivity index (χ1n) is 8.81. The molecule has 0 radical (unpaired) electrons. The molecule has 0 aliphatic heterocycles. The summed E-state index contributed by atoms with van der Waals surface area (Å²) in [7, 11) is 1.65. The fraction of sp³-hybridized carbons (Fsp3) is 0.0952. The highest BCUT2D eigenvalue weighted by Crippen LogP contribution is 2.34. The molecule has 0 saturated heterocycles. The van der Waals surface area contributed by atoms with E-state index in [1.807, 2.05) is 58.5 Å². The van der Waals surface area contributed by atoms with Gasteiger partial charge in [-0.15, -0.1) is 21.5 Å². The molecule has 146 valence electrons. The molecule has 4 aromatic rings. The first kappa shape index (κ1) is 19.2. The van der Waals surface area contributed by atoms with E-state index in [0.29, 0.717) is 11.3 Å². The summed E-state index contributed by atoms with van der Waals surface area (Å²) in [5, 5.41) is 11.7. The van der Waals surface area contributed by atoms with Crippen LogP contribution in [0.15, 0.2) is 71.2 Å². The molecule has 0 saturated carbocycles. The number of carbonyl (C=O) groups excluding carboxylic acids is 1. The monoisotopic (exact) mass is 422 g/mol. The quantitative estimate of drug-likeness (QED) is 0.447. The highest BCUT2D eigenvalue weighted by atomic mass is 32.2. The van der Waals surface area contributed by atoms with Crippen LogP contribution >= 0.6 is 23.1 Å². The van der Waals surface area contributed by atoms with Crippen LogP contribution in [0.25, 0.3) is 16.4 Å². The van der Waals surface area contributed by atoms with Gasteiger partial charge in [0.25, 0.3) is 0 Å². The van der Waals surface area contributed by atoms with Crippen LogP contribution in [-0.2, 0) is 5.75 Å². The van der Waals surface area contributed by atoms with E-state index in [-0.39, 0.29) is 0 Å². The molecule has 4 rings (SSSR count). The van der Waals surface area contributed by atoms with Crippen molar-refractivity contribution in [1.29, 1.82) is 0 Å². The Bertz CT molecular complexity index is 1120. The van der Waals surface area contributed by atoms with Gasteiger partial charge in [0.05, 0.1) is 17.7 Å². The third-order valence-corrected chi connectivity index (χ3v) is 6.17. The molecule has 8 heteroatoms. The summed E-state index contributed by atoms with van der Waals surface area (Å²) in [4.78, 5) is 12.3. The number of hydrogen-bond donors (Lipinski definition) is 1. The first-order chi connectivity index (χ1) is 14.2. The normalized spacial score (nSPS) is 10.8. The Morgan fingerprint density at radius 3 is 2.59 bits per heavy atom. The maximum Gasteiger partial charge on any atom is 0.248 e. The van der Waals surface area contributed by atoms with E-state index in [1.165, 1.54) is 0 Å². The number of thioether (sulfide) groups is 1. The number of benzene rings is 2. The summed E-state index contributed by atoms with van der Waals surface area (Å²) in [6, 6.07) is 19.1. The van der Waals surface area contributed by atoms with Crippen molar-refractivity contribution in [3.05, 3.63) is 77.2 Å². The summed E-state index contributed by atoms with van der Waals surface area (Å²) in [6.07, 6.45) is 0. The first-order valence-corrected chi connectivity index (χ1v) is 10.7. The van der Waals surface area contributed by atoms with Gasteiger partial charge in [-0.25, -0.2) is 0 Å². The molecule has 0 aliphatic carbocycles. The van der Waals surface area contributed by atoms with Crippen molar-refractivity contribution in [2.24, 2.45) is 5.73 Å². The number of nitrogens with two attached hydrogens (primary N) is 1. The van der Waals surface area contributed by atoms with Crippen LogP contribution in [0.1, 0.15) is 15.9 Å². The van der Waals surface area contributed by atoms with Crippen molar-refractivity contribution in [2.75, 3.05) is 7.11 Å². The number of carbonyl (C=O) groups is 1. The summed E-state index contributed by atoms with van der Waals surface area (Å²) in [6.45, 7) is 0. The van der Waals surface area contributed by atoms with Gasteiger partial charge in [0.2, 0.25) is 5.91 Å². The number of methoxy groups -OCH3 is 1. The van der Waals surface area contributed by atoms with E-state index in [9.17, 15) is 4.79 Å². The van der Waals surface area contributed by atoms with Crippen LogP contribution in [0, 0.1) is 0 Å². The Hall–Kier alpha value is -3.10. The average Bonchev–Trinajstić information content (AvgIpc) is 3.42. The molecule has 2 aromatic heterocycles. The van der Waals surface area contributed by atoms with Gasteiger partial charge in [-0.1, -0.05) is 42.1 Å². The van der Waals surface area contributed by atoms with E-state index in [2.05, 4.69) is 10.2 Å². The van der Waals surface area contributed by atoms with E-state index < -0.39 is 5.91 Å². The number of hydrogen-bond acceptors (Lipinski definition) is 6. The third-order valence-electron chi connectivity index (χ3n) is 4.31. The number of nitrogens with zero attached hydrogens (tertiary/aromatic N) is 3. The topological polar surface area (TPSA) is 83.0 Å². The Morgan fingerprint density at radius 1 is 1.10 bits per heavy atom. The molecule has 1 amide bonds. The maximum absolute atomic E-state index is 11.3. The SMILES string of the molecule is COc1ccccc1-n1c(SCc2ccc(C(N)=O)cc2)nnc1-c1cccs1. The molecule has 2 N–H and O–H groups in total. The largest absolute Gasteiger partial charge is 0.495 e. The van der Waals surface area contributed by atoms with Crippen LogP contribution in [0.2, 0.25) is 0 Å².